The van der Waals surface area contributed by atoms with Crippen LogP contribution in [0.25, 0.3) is 11.4 Å². The van der Waals surface area contributed by atoms with Gasteiger partial charge in [0.1, 0.15) is 6.33 Å². The Balaban J connectivity index is 2.60. The van der Waals surface area contributed by atoms with Crippen molar-refractivity contribution in [3.8, 4) is 11.4 Å². The van der Waals surface area contributed by atoms with Gasteiger partial charge in [-0.1, -0.05) is 11.6 Å². The summed E-state index contributed by atoms with van der Waals surface area (Å²) >= 11 is 5.99. The summed E-state index contributed by atoms with van der Waals surface area (Å²) in [5, 5.41) is 16.9. The van der Waals surface area contributed by atoms with Crippen LogP contribution in [-0.4, -0.2) is 25.8 Å². The molecule has 16 heavy (non-hydrogen) atoms. The zero-order chi connectivity index (χ0) is 11.7. The van der Waals surface area contributed by atoms with Crippen LogP contribution >= 0.6 is 11.6 Å². The van der Waals surface area contributed by atoms with E-state index >= 15 is 0 Å². The lowest BCUT2D eigenvalue weighted by atomic mass is 10.1. The molecule has 0 saturated carbocycles. The van der Waals surface area contributed by atoms with E-state index in [-0.39, 0.29) is 5.56 Å². The third-order valence-corrected chi connectivity index (χ3v) is 2.50. The topological polar surface area (TPSA) is 68.0 Å². The SMILES string of the molecule is Cn1cnnc1-c1cc(C(=O)O)ccc1Cl. The zero-order valence-corrected chi connectivity index (χ0v) is 9.14. The number of hydrogen-bond donors (Lipinski definition) is 1. The highest BCUT2D eigenvalue weighted by molar-refractivity contribution is 6.33. The Kier molecular flexibility index (Phi) is 2.62. The molecule has 0 aliphatic heterocycles. The molecule has 0 radical (unpaired) electrons. The van der Waals surface area contributed by atoms with Gasteiger partial charge < -0.3 is 9.67 Å². The molecule has 0 saturated heterocycles. The number of hydrogen-bond acceptors (Lipinski definition) is 3. The third-order valence-electron chi connectivity index (χ3n) is 2.17. The minimum atomic E-state index is -1.000. The maximum absolute atomic E-state index is 10.8. The minimum absolute atomic E-state index is 0.169. The van der Waals surface area contributed by atoms with E-state index in [1.807, 2.05) is 0 Å². The molecule has 0 atom stereocenters. The van der Waals surface area contributed by atoms with E-state index in [1.165, 1.54) is 24.5 Å². The number of rotatable bonds is 2. The van der Waals surface area contributed by atoms with E-state index in [9.17, 15) is 4.79 Å². The summed E-state index contributed by atoms with van der Waals surface area (Å²) in [6, 6.07) is 4.47. The molecule has 0 amide bonds. The van der Waals surface area contributed by atoms with Crippen molar-refractivity contribution in [1.29, 1.82) is 0 Å². The highest BCUT2D eigenvalue weighted by atomic mass is 35.5. The molecule has 2 aromatic rings. The highest BCUT2D eigenvalue weighted by Gasteiger charge is 2.12. The van der Waals surface area contributed by atoms with Crippen molar-refractivity contribution in [2.45, 2.75) is 0 Å². The Hall–Kier alpha value is -1.88. The van der Waals surface area contributed by atoms with Gasteiger partial charge in [0.15, 0.2) is 5.82 Å². The molecule has 0 unspecified atom stereocenters. The molecule has 1 N–H and O–H groups in total. The van der Waals surface area contributed by atoms with Gasteiger partial charge in [-0.3, -0.25) is 0 Å². The number of halogens is 1. The number of aromatic carboxylic acids is 1. The molecule has 1 aromatic carbocycles. The predicted octanol–water partition coefficient (Wildman–Crippen LogP) is 1.83. The number of carboxylic acids is 1. The summed E-state index contributed by atoms with van der Waals surface area (Å²) in [6.45, 7) is 0. The second-order valence-corrected chi connectivity index (χ2v) is 3.67. The summed E-state index contributed by atoms with van der Waals surface area (Å²) < 4.78 is 1.67. The Morgan fingerprint density at radius 3 is 2.81 bits per heavy atom. The van der Waals surface area contributed by atoms with E-state index in [4.69, 9.17) is 16.7 Å². The first-order valence-corrected chi connectivity index (χ1v) is 4.84. The number of nitrogens with zero attached hydrogens (tertiary/aromatic N) is 3. The third kappa shape index (κ3) is 1.77. The summed E-state index contributed by atoms with van der Waals surface area (Å²) in [5.74, 6) is -0.465. The standard InChI is InChI=1S/C10H8ClN3O2/c1-14-5-12-13-9(14)7-4-6(10(15)16)2-3-8(7)11/h2-5H,1H3,(H,15,16). The normalized spacial score (nSPS) is 10.4. The van der Waals surface area contributed by atoms with Gasteiger partial charge in [-0.15, -0.1) is 10.2 Å². The lowest BCUT2D eigenvalue weighted by Crippen LogP contribution is -1.98. The summed E-state index contributed by atoms with van der Waals surface area (Å²) in [6.07, 6.45) is 1.53. The Labute approximate surface area is 96.3 Å². The van der Waals surface area contributed by atoms with Gasteiger partial charge in [-0.05, 0) is 18.2 Å². The van der Waals surface area contributed by atoms with Crippen LogP contribution in [0.4, 0.5) is 0 Å². The Morgan fingerprint density at radius 1 is 1.50 bits per heavy atom. The molecule has 0 bridgehead atoms. The van der Waals surface area contributed by atoms with Gasteiger partial charge in [-0.2, -0.15) is 0 Å². The summed E-state index contributed by atoms with van der Waals surface area (Å²) in [5.41, 5.74) is 0.726. The van der Waals surface area contributed by atoms with Crippen molar-refractivity contribution >= 4 is 17.6 Å². The number of carbonyl (C=O) groups is 1. The second-order valence-electron chi connectivity index (χ2n) is 3.27. The Bertz CT molecular complexity index is 551. The lowest BCUT2D eigenvalue weighted by molar-refractivity contribution is 0.0697. The van der Waals surface area contributed by atoms with E-state index in [1.54, 1.807) is 11.6 Å². The molecular formula is C10H8ClN3O2. The van der Waals surface area contributed by atoms with E-state index in [0.717, 1.165) is 0 Å². The van der Waals surface area contributed by atoms with Crippen LogP contribution in [0.15, 0.2) is 24.5 Å². The molecule has 1 aromatic heterocycles. The molecule has 5 nitrogen and oxygen atoms in total. The molecule has 0 spiro atoms. The summed E-state index contributed by atoms with van der Waals surface area (Å²) in [4.78, 5) is 10.8. The zero-order valence-electron chi connectivity index (χ0n) is 8.38. The molecule has 0 fully saturated rings. The number of aryl methyl sites for hydroxylation is 1. The van der Waals surface area contributed by atoms with E-state index in [2.05, 4.69) is 10.2 Å². The van der Waals surface area contributed by atoms with Crippen LogP contribution < -0.4 is 0 Å². The number of carboxylic acid groups (broad SMARTS) is 1. The van der Waals surface area contributed by atoms with Gasteiger partial charge in [-0.25, -0.2) is 4.79 Å². The van der Waals surface area contributed by atoms with Gasteiger partial charge in [0.05, 0.1) is 10.6 Å². The fourth-order valence-electron chi connectivity index (χ4n) is 1.36. The monoisotopic (exact) mass is 237 g/mol. The van der Waals surface area contributed by atoms with Gasteiger partial charge in [0.2, 0.25) is 0 Å². The second kappa shape index (κ2) is 3.94. The molecule has 0 aliphatic rings. The molecule has 2 rings (SSSR count). The van der Waals surface area contributed by atoms with Gasteiger partial charge in [0.25, 0.3) is 0 Å². The van der Waals surface area contributed by atoms with Crippen LogP contribution in [0, 0.1) is 0 Å². The lowest BCUT2D eigenvalue weighted by Gasteiger charge is -2.04. The molecule has 0 aliphatic carbocycles. The Morgan fingerprint density at radius 2 is 2.25 bits per heavy atom. The largest absolute Gasteiger partial charge is 0.478 e. The average Bonchev–Trinajstić information content (AvgIpc) is 2.65. The van der Waals surface area contributed by atoms with Crippen molar-refractivity contribution in [2.75, 3.05) is 0 Å². The first kappa shape index (κ1) is 10.6. The maximum atomic E-state index is 10.8. The number of aromatic nitrogens is 3. The number of benzene rings is 1. The van der Waals surface area contributed by atoms with E-state index in [0.29, 0.717) is 16.4 Å². The first-order valence-electron chi connectivity index (χ1n) is 4.47. The molecule has 1 heterocycles. The fourth-order valence-corrected chi connectivity index (χ4v) is 1.56. The minimum Gasteiger partial charge on any atom is -0.478 e. The summed E-state index contributed by atoms with van der Waals surface area (Å²) in [7, 11) is 1.76. The van der Waals surface area contributed by atoms with Crippen LogP contribution in [0.2, 0.25) is 5.02 Å². The highest BCUT2D eigenvalue weighted by Crippen LogP contribution is 2.26. The van der Waals surface area contributed by atoms with Crippen LogP contribution in [0.3, 0.4) is 0 Å². The van der Waals surface area contributed by atoms with Crippen molar-refractivity contribution in [3.05, 3.63) is 35.1 Å². The van der Waals surface area contributed by atoms with Crippen LogP contribution in [0.1, 0.15) is 10.4 Å². The van der Waals surface area contributed by atoms with Crippen molar-refractivity contribution in [1.82, 2.24) is 14.8 Å². The van der Waals surface area contributed by atoms with Crippen LogP contribution in [0.5, 0.6) is 0 Å². The van der Waals surface area contributed by atoms with Crippen molar-refractivity contribution < 1.29 is 9.90 Å². The maximum Gasteiger partial charge on any atom is 0.335 e. The fraction of sp³-hybridized carbons (Fsp3) is 0.100. The van der Waals surface area contributed by atoms with Crippen LogP contribution in [-0.2, 0) is 7.05 Å². The predicted molar refractivity (Wildman–Crippen MR) is 58.4 cm³/mol. The quantitative estimate of drug-likeness (QED) is 0.865. The van der Waals surface area contributed by atoms with Crippen molar-refractivity contribution in [3.63, 3.8) is 0 Å². The average molecular weight is 238 g/mol. The molecule has 82 valence electrons. The van der Waals surface area contributed by atoms with Crippen molar-refractivity contribution in [2.24, 2.45) is 7.05 Å². The molecule has 6 heteroatoms. The first-order chi connectivity index (χ1) is 7.59. The smallest absolute Gasteiger partial charge is 0.335 e. The molecular weight excluding hydrogens is 230 g/mol. The van der Waals surface area contributed by atoms with Gasteiger partial charge in [0, 0.05) is 12.6 Å². The van der Waals surface area contributed by atoms with E-state index < -0.39 is 5.97 Å². The van der Waals surface area contributed by atoms with Gasteiger partial charge >= 0.3 is 5.97 Å².